The second-order valence-corrected chi connectivity index (χ2v) is 9.02. The number of alkyl halides is 3. The van der Waals surface area contributed by atoms with Crippen molar-refractivity contribution in [2.45, 2.75) is 38.0 Å². The molecule has 0 radical (unpaired) electrons. The summed E-state index contributed by atoms with van der Waals surface area (Å²) < 4.78 is 49.7. The van der Waals surface area contributed by atoms with Crippen molar-refractivity contribution in [1.82, 2.24) is 24.5 Å². The summed E-state index contributed by atoms with van der Waals surface area (Å²) in [5.41, 5.74) is 7.23. The van der Waals surface area contributed by atoms with Crippen LogP contribution in [0.3, 0.4) is 0 Å². The zero-order valence-electron chi connectivity index (χ0n) is 18.9. The van der Waals surface area contributed by atoms with Gasteiger partial charge >= 0.3 is 6.18 Å². The largest absolute Gasteiger partial charge is 0.494 e. The summed E-state index contributed by atoms with van der Waals surface area (Å²) in [6.07, 6.45) is -2.50. The highest BCUT2D eigenvalue weighted by atomic mass is 19.4. The van der Waals surface area contributed by atoms with Gasteiger partial charge in [-0.25, -0.2) is 4.98 Å². The third kappa shape index (κ3) is 4.19. The lowest BCUT2D eigenvalue weighted by Gasteiger charge is -2.31. The molecule has 178 valence electrons. The number of rotatable bonds is 5. The highest BCUT2D eigenvalue weighted by Crippen LogP contribution is 2.41. The maximum atomic E-state index is 14.2. The first-order valence-electron chi connectivity index (χ1n) is 11.1. The lowest BCUT2D eigenvalue weighted by molar-refractivity contribution is -0.184. The number of benzene rings is 1. The SMILES string of the molecule is CCOc1ccc2ccc(-c3nnc4ccc(C(N5CCC(C)(N)C5)C(F)(F)F)cn34)nc2c1. The molecule has 1 fully saturated rings. The zero-order valence-corrected chi connectivity index (χ0v) is 18.9. The number of nitrogens with two attached hydrogens (primary N) is 1. The second kappa shape index (κ2) is 8.21. The van der Waals surface area contributed by atoms with Crippen molar-refractivity contribution in [2.75, 3.05) is 19.7 Å². The van der Waals surface area contributed by atoms with Crippen LogP contribution < -0.4 is 10.5 Å². The molecule has 5 rings (SSSR count). The fraction of sp³-hybridized carbons (Fsp3) is 0.375. The van der Waals surface area contributed by atoms with Crippen molar-refractivity contribution >= 4 is 16.6 Å². The summed E-state index contributed by atoms with van der Waals surface area (Å²) in [5.74, 6) is 1.06. The van der Waals surface area contributed by atoms with E-state index in [1.165, 1.54) is 17.2 Å². The first-order valence-corrected chi connectivity index (χ1v) is 11.1. The molecular formula is C24H25F3N6O. The maximum Gasteiger partial charge on any atom is 0.408 e. The van der Waals surface area contributed by atoms with Crippen molar-refractivity contribution in [1.29, 1.82) is 0 Å². The van der Waals surface area contributed by atoms with Crippen LogP contribution in [0.4, 0.5) is 13.2 Å². The van der Waals surface area contributed by atoms with Crippen LogP contribution in [0.2, 0.25) is 0 Å². The van der Waals surface area contributed by atoms with Gasteiger partial charge < -0.3 is 10.5 Å². The molecule has 34 heavy (non-hydrogen) atoms. The lowest BCUT2D eigenvalue weighted by atomic mass is 10.0. The standard InChI is InChI=1S/C24H25F3N6O/c1-3-34-17-7-4-15-5-8-18(29-19(15)12-17)22-31-30-20-9-6-16(13-33(20)22)21(24(25,26)27)32-11-10-23(2,28)14-32/h4-9,12-13,21H,3,10-11,14,28H2,1-2H3. The topological polar surface area (TPSA) is 81.6 Å². The summed E-state index contributed by atoms with van der Waals surface area (Å²) in [6.45, 7) is 4.66. The van der Waals surface area contributed by atoms with E-state index in [-0.39, 0.29) is 18.7 Å². The third-order valence-corrected chi connectivity index (χ3v) is 6.15. The van der Waals surface area contributed by atoms with Gasteiger partial charge in [0.15, 0.2) is 11.5 Å². The minimum Gasteiger partial charge on any atom is -0.494 e. The first kappa shape index (κ1) is 22.5. The Balaban J connectivity index is 1.58. The van der Waals surface area contributed by atoms with Crippen LogP contribution in [0.5, 0.6) is 5.75 Å². The number of pyridine rings is 2. The first-order chi connectivity index (χ1) is 16.1. The van der Waals surface area contributed by atoms with E-state index < -0.39 is 17.8 Å². The van der Waals surface area contributed by atoms with Crippen LogP contribution in [-0.2, 0) is 0 Å². The number of nitrogens with zero attached hydrogens (tertiary/aromatic N) is 5. The van der Waals surface area contributed by atoms with Gasteiger partial charge in [-0.1, -0.05) is 12.1 Å². The molecule has 0 aliphatic carbocycles. The summed E-state index contributed by atoms with van der Waals surface area (Å²) in [5, 5.41) is 9.27. The highest BCUT2D eigenvalue weighted by molar-refractivity contribution is 5.82. The van der Waals surface area contributed by atoms with Crippen molar-refractivity contribution < 1.29 is 17.9 Å². The van der Waals surface area contributed by atoms with Crippen molar-refractivity contribution in [2.24, 2.45) is 5.73 Å². The quantitative estimate of drug-likeness (QED) is 0.467. The molecule has 0 amide bonds. The molecule has 0 bridgehead atoms. The minimum absolute atomic E-state index is 0.109. The number of hydrogen-bond acceptors (Lipinski definition) is 6. The van der Waals surface area contributed by atoms with Gasteiger partial charge in [0.25, 0.3) is 0 Å². The van der Waals surface area contributed by atoms with E-state index in [0.29, 0.717) is 41.5 Å². The average Bonchev–Trinajstić information content (AvgIpc) is 3.35. The lowest BCUT2D eigenvalue weighted by Crippen LogP contribution is -2.43. The van der Waals surface area contributed by atoms with Gasteiger partial charge in [-0.05, 0) is 50.1 Å². The number of aromatic nitrogens is 4. The Bertz CT molecular complexity index is 1350. The van der Waals surface area contributed by atoms with E-state index in [4.69, 9.17) is 10.5 Å². The molecule has 10 heteroatoms. The van der Waals surface area contributed by atoms with Crippen LogP contribution in [0.25, 0.3) is 28.1 Å². The van der Waals surface area contributed by atoms with Gasteiger partial charge in [0.05, 0.1) is 12.1 Å². The molecule has 1 aliphatic rings. The molecule has 7 nitrogen and oxygen atoms in total. The maximum absolute atomic E-state index is 14.2. The third-order valence-electron chi connectivity index (χ3n) is 6.15. The van der Waals surface area contributed by atoms with Gasteiger partial charge in [0.1, 0.15) is 17.5 Å². The Hall–Kier alpha value is -3.24. The van der Waals surface area contributed by atoms with Crippen LogP contribution in [0.15, 0.2) is 48.7 Å². The number of likely N-dealkylation sites (tertiary alicyclic amines) is 1. The Morgan fingerprint density at radius 1 is 1.15 bits per heavy atom. The normalized spacial score (nSPS) is 20.3. The zero-order chi connectivity index (χ0) is 24.1. The molecule has 1 aromatic carbocycles. The fourth-order valence-electron chi connectivity index (χ4n) is 4.57. The highest BCUT2D eigenvalue weighted by Gasteiger charge is 2.48. The van der Waals surface area contributed by atoms with Crippen LogP contribution in [0.1, 0.15) is 31.9 Å². The van der Waals surface area contributed by atoms with E-state index in [9.17, 15) is 13.2 Å². The monoisotopic (exact) mass is 470 g/mol. The van der Waals surface area contributed by atoms with Gasteiger partial charge in [-0.15, -0.1) is 10.2 Å². The Labute approximate surface area is 194 Å². The van der Waals surface area contributed by atoms with Crippen LogP contribution in [0, 0.1) is 0 Å². The molecule has 2 N–H and O–H groups in total. The van der Waals surface area contributed by atoms with E-state index in [0.717, 1.165) is 5.39 Å². The van der Waals surface area contributed by atoms with Gasteiger partial charge in [0.2, 0.25) is 0 Å². The number of fused-ring (bicyclic) bond motifs is 2. The van der Waals surface area contributed by atoms with E-state index in [1.807, 2.05) is 31.2 Å². The van der Waals surface area contributed by atoms with Crippen molar-refractivity contribution in [3.8, 4) is 17.3 Å². The van der Waals surface area contributed by atoms with Crippen molar-refractivity contribution in [3.63, 3.8) is 0 Å². The number of ether oxygens (including phenoxy) is 1. The summed E-state index contributed by atoms with van der Waals surface area (Å²) in [4.78, 5) is 6.08. The predicted molar refractivity (Wildman–Crippen MR) is 122 cm³/mol. The summed E-state index contributed by atoms with van der Waals surface area (Å²) >= 11 is 0. The Morgan fingerprint density at radius 3 is 2.65 bits per heavy atom. The number of hydrogen-bond donors (Lipinski definition) is 1. The minimum atomic E-state index is -4.46. The van der Waals surface area contributed by atoms with Gasteiger partial charge in [0, 0.05) is 36.3 Å². The number of halogens is 3. The van der Waals surface area contributed by atoms with E-state index in [1.54, 1.807) is 23.5 Å². The molecule has 1 saturated heterocycles. The van der Waals surface area contributed by atoms with Gasteiger partial charge in [-0.2, -0.15) is 13.2 Å². The van der Waals surface area contributed by atoms with Crippen LogP contribution in [-0.4, -0.2) is 55.9 Å². The molecule has 0 spiro atoms. The molecule has 1 aliphatic heterocycles. The fourth-order valence-corrected chi connectivity index (χ4v) is 4.57. The molecular weight excluding hydrogens is 445 g/mol. The molecule has 2 unspecified atom stereocenters. The van der Waals surface area contributed by atoms with E-state index in [2.05, 4.69) is 15.2 Å². The smallest absolute Gasteiger partial charge is 0.408 e. The Kier molecular flexibility index (Phi) is 5.44. The average molecular weight is 470 g/mol. The molecule has 4 aromatic rings. The van der Waals surface area contributed by atoms with Crippen molar-refractivity contribution in [3.05, 3.63) is 54.2 Å². The molecule has 3 aromatic heterocycles. The summed E-state index contributed by atoms with van der Waals surface area (Å²) in [7, 11) is 0. The van der Waals surface area contributed by atoms with Crippen LogP contribution >= 0.6 is 0 Å². The predicted octanol–water partition coefficient (Wildman–Crippen LogP) is 4.37. The summed E-state index contributed by atoms with van der Waals surface area (Å²) in [6, 6.07) is 10.5. The molecule has 0 saturated carbocycles. The Morgan fingerprint density at radius 2 is 1.94 bits per heavy atom. The van der Waals surface area contributed by atoms with E-state index >= 15 is 0 Å². The van der Waals surface area contributed by atoms with Gasteiger partial charge in [-0.3, -0.25) is 9.30 Å². The molecule has 2 atom stereocenters. The second-order valence-electron chi connectivity index (χ2n) is 9.02. The molecule has 4 heterocycles.